The van der Waals surface area contributed by atoms with Crippen molar-refractivity contribution in [3.63, 3.8) is 0 Å². The van der Waals surface area contributed by atoms with Gasteiger partial charge in [0, 0.05) is 19.3 Å². The number of quaternary nitrogens is 1. The first-order valence-corrected chi connectivity index (χ1v) is 21.4. The van der Waals surface area contributed by atoms with Crippen molar-refractivity contribution < 1.29 is 8.80 Å². The number of carbonyl (C=O) groups excluding carboxylic acids is 1. The van der Waals surface area contributed by atoms with Crippen molar-refractivity contribution in [2.45, 2.75) is 257 Å². The maximum Gasteiger partial charge on any atom is 0.332 e. The van der Waals surface area contributed by atoms with E-state index in [1.807, 2.05) is 0 Å². The van der Waals surface area contributed by atoms with E-state index in [1.165, 1.54) is 205 Å². The number of likely N-dealkylation sites (tertiary alicyclic amines) is 1. The molecule has 1 fully saturated rings. The number of carbonyl (C=O) groups is 1. The summed E-state index contributed by atoms with van der Waals surface area (Å²) in [5.74, 6) is 0.284. The zero-order valence-corrected chi connectivity index (χ0v) is 32.2. The molecule has 0 aromatic carbocycles. The Balaban J connectivity index is 2.09. The third-order valence-corrected chi connectivity index (χ3v) is 12.0. The van der Waals surface area contributed by atoms with Crippen molar-refractivity contribution in [3.8, 4) is 0 Å². The lowest BCUT2D eigenvalue weighted by atomic mass is 9.86. The standard InChI is InChI=1S/C42H83ClNO/c1-4-6-8-10-12-14-16-18-20-22-24-26-28-30-32-34-38-42(3,44(43)40-36-37-41(44)45)39-35-33-31-29-27-25-23-21-19-17-15-13-11-9-7-5-2/h4-40H2,1-3H3/q+1. The van der Waals surface area contributed by atoms with E-state index in [-0.39, 0.29) is 15.4 Å². The number of nitrogens with zero attached hydrogens (tertiary/aromatic N) is 1. The Labute approximate surface area is 289 Å². The van der Waals surface area contributed by atoms with Crippen molar-refractivity contribution >= 4 is 17.7 Å². The van der Waals surface area contributed by atoms with Crippen LogP contribution >= 0.6 is 11.8 Å². The first kappa shape index (κ1) is 42.9. The molecule has 0 spiro atoms. The maximum atomic E-state index is 12.9. The molecule has 0 radical (unpaired) electrons. The summed E-state index contributed by atoms with van der Waals surface area (Å²) < 4.78 is 0.199. The van der Waals surface area contributed by atoms with Crippen molar-refractivity contribution in [2.75, 3.05) is 6.54 Å². The Kier molecular flexibility index (Phi) is 28.6. The minimum absolute atomic E-state index is 0.0822. The number of hydrogen-bond donors (Lipinski definition) is 0. The van der Waals surface area contributed by atoms with Crippen LogP contribution in [0.3, 0.4) is 0 Å². The second-order valence-corrected chi connectivity index (χ2v) is 16.1. The molecule has 1 aliphatic rings. The molecule has 0 bridgehead atoms. The smallest absolute Gasteiger partial charge is 0.229 e. The first-order chi connectivity index (χ1) is 22.0. The van der Waals surface area contributed by atoms with Crippen LogP contribution in [0.2, 0.25) is 0 Å². The molecule has 0 aromatic heterocycles. The maximum absolute atomic E-state index is 12.9. The molecular formula is C42H83ClNO+. The van der Waals surface area contributed by atoms with Crippen LogP contribution in [0.4, 0.5) is 0 Å². The summed E-state index contributed by atoms with van der Waals surface area (Å²) in [4.78, 5) is 12.9. The Morgan fingerprint density at radius 2 is 0.711 bits per heavy atom. The molecule has 1 saturated heterocycles. The first-order valence-electron chi connectivity index (χ1n) is 21.1. The van der Waals surface area contributed by atoms with E-state index in [0.29, 0.717) is 6.42 Å². The minimum atomic E-state index is -0.0822. The zero-order chi connectivity index (χ0) is 32.7. The molecule has 1 aliphatic heterocycles. The zero-order valence-electron chi connectivity index (χ0n) is 31.4. The SMILES string of the molecule is CCCCCCCCCCCCCCCCCCC(C)(CCCCCCCCCCCCCCCCCC)[N+]1(Cl)CCCC1=O. The van der Waals surface area contributed by atoms with Crippen LogP contribution in [0.15, 0.2) is 0 Å². The molecule has 1 rings (SSSR count). The van der Waals surface area contributed by atoms with Gasteiger partial charge in [-0.2, -0.15) is 4.00 Å². The lowest BCUT2D eigenvalue weighted by molar-refractivity contribution is -0.789. The lowest BCUT2D eigenvalue weighted by Crippen LogP contribution is -2.57. The average molecular weight is 654 g/mol. The van der Waals surface area contributed by atoms with Crippen LogP contribution in [0.1, 0.15) is 252 Å². The van der Waals surface area contributed by atoms with E-state index < -0.39 is 0 Å². The monoisotopic (exact) mass is 653 g/mol. The van der Waals surface area contributed by atoms with E-state index in [1.54, 1.807) is 0 Å². The molecule has 1 atom stereocenters. The molecular weight excluding hydrogens is 570 g/mol. The van der Waals surface area contributed by atoms with Crippen LogP contribution in [-0.4, -0.2) is 22.0 Å². The van der Waals surface area contributed by atoms with Crippen molar-refractivity contribution in [2.24, 2.45) is 0 Å². The average Bonchev–Trinajstić information content (AvgIpc) is 3.39. The van der Waals surface area contributed by atoms with Gasteiger partial charge in [0.05, 0.1) is 6.42 Å². The summed E-state index contributed by atoms with van der Waals surface area (Å²) in [5.41, 5.74) is -0.0822. The number of rotatable bonds is 35. The van der Waals surface area contributed by atoms with Gasteiger partial charge in [0.15, 0.2) is 11.8 Å². The van der Waals surface area contributed by atoms with Gasteiger partial charge in [0.1, 0.15) is 12.1 Å². The van der Waals surface area contributed by atoms with E-state index in [2.05, 4.69) is 20.8 Å². The Hall–Kier alpha value is -0.0800. The molecule has 268 valence electrons. The molecule has 0 aromatic rings. The van der Waals surface area contributed by atoms with Crippen LogP contribution < -0.4 is 0 Å². The molecule has 45 heavy (non-hydrogen) atoms. The highest BCUT2D eigenvalue weighted by molar-refractivity contribution is 6.13. The Bertz CT molecular complexity index is 615. The second kappa shape index (κ2) is 30.0. The summed E-state index contributed by atoms with van der Waals surface area (Å²) in [7, 11) is 0. The largest absolute Gasteiger partial charge is 0.332 e. The van der Waals surface area contributed by atoms with Crippen LogP contribution in [0.25, 0.3) is 0 Å². The molecule has 2 nitrogen and oxygen atoms in total. The highest BCUT2D eigenvalue weighted by Crippen LogP contribution is 2.42. The van der Waals surface area contributed by atoms with Gasteiger partial charge in [0.2, 0.25) is 0 Å². The van der Waals surface area contributed by atoms with Gasteiger partial charge in [-0.25, -0.2) is 4.79 Å². The van der Waals surface area contributed by atoms with Gasteiger partial charge in [-0.1, -0.05) is 206 Å². The highest BCUT2D eigenvalue weighted by Gasteiger charge is 2.54. The van der Waals surface area contributed by atoms with Gasteiger partial charge in [-0.05, 0) is 19.8 Å². The molecule has 1 unspecified atom stereocenters. The molecule has 1 amide bonds. The Morgan fingerprint density at radius 3 is 0.933 bits per heavy atom. The van der Waals surface area contributed by atoms with E-state index in [0.717, 1.165) is 25.8 Å². The minimum Gasteiger partial charge on any atom is -0.229 e. The van der Waals surface area contributed by atoms with E-state index in [4.69, 9.17) is 11.8 Å². The fourth-order valence-corrected chi connectivity index (χ4v) is 8.28. The molecule has 0 aliphatic carbocycles. The molecule has 0 N–H and O–H groups in total. The Morgan fingerprint density at radius 1 is 0.467 bits per heavy atom. The third-order valence-electron chi connectivity index (χ3n) is 11.2. The predicted octanol–water partition coefficient (Wildman–Crippen LogP) is 15.3. The summed E-state index contributed by atoms with van der Waals surface area (Å²) in [6, 6.07) is 0. The summed E-state index contributed by atoms with van der Waals surface area (Å²) in [6.07, 6.45) is 48.8. The van der Waals surface area contributed by atoms with Crippen molar-refractivity contribution in [1.29, 1.82) is 0 Å². The van der Waals surface area contributed by atoms with Gasteiger partial charge in [-0.15, -0.1) is 0 Å². The van der Waals surface area contributed by atoms with Crippen LogP contribution in [0.5, 0.6) is 0 Å². The van der Waals surface area contributed by atoms with E-state index >= 15 is 0 Å². The second-order valence-electron chi connectivity index (χ2n) is 15.5. The van der Waals surface area contributed by atoms with Gasteiger partial charge >= 0.3 is 5.91 Å². The number of amides is 1. The summed E-state index contributed by atoms with van der Waals surface area (Å²) in [5, 5.41) is 0. The summed E-state index contributed by atoms with van der Waals surface area (Å²) >= 11 is 7.16. The molecule has 1 heterocycles. The predicted molar refractivity (Wildman–Crippen MR) is 202 cm³/mol. The normalized spacial score (nSPS) is 17.1. The quantitative estimate of drug-likeness (QED) is 0.0491. The topological polar surface area (TPSA) is 17.1 Å². The fraction of sp³-hybridized carbons (Fsp3) is 0.976. The third kappa shape index (κ3) is 21.5. The molecule has 3 heteroatoms. The van der Waals surface area contributed by atoms with Gasteiger partial charge in [0.25, 0.3) is 0 Å². The van der Waals surface area contributed by atoms with Gasteiger partial charge in [-0.3, -0.25) is 0 Å². The van der Waals surface area contributed by atoms with E-state index in [9.17, 15) is 4.79 Å². The fourth-order valence-electron chi connectivity index (χ4n) is 7.91. The highest BCUT2D eigenvalue weighted by atomic mass is 35.5. The van der Waals surface area contributed by atoms with Crippen molar-refractivity contribution in [1.82, 2.24) is 0 Å². The van der Waals surface area contributed by atoms with Crippen molar-refractivity contribution in [3.05, 3.63) is 0 Å². The van der Waals surface area contributed by atoms with Crippen LogP contribution in [0, 0.1) is 0 Å². The van der Waals surface area contributed by atoms with Crippen LogP contribution in [-0.2, 0) is 4.79 Å². The number of hydrogen-bond acceptors (Lipinski definition) is 1. The summed E-state index contributed by atoms with van der Waals surface area (Å²) in [6.45, 7) is 7.79. The van der Waals surface area contributed by atoms with Gasteiger partial charge < -0.3 is 0 Å². The lowest BCUT2D eigenvalue weighted by Gasteiger charge is -2.41. The molecule has 0 saturated carbocycles. The number of halogens is 1. The number of unbranched alkanes of at least 4 members (excludes halogenated alkanes) is 30.